The van der Waals surface area contributed by atoms with Crippen LogP contribution in [0, 0.1) is 17.8 Å². The highest BCUT2D eigenvalue weighted by Crippen LogP contribution is 2.55. The molecule has 3 unspecified atom stereocenters. The Morgan fingerprint density at radius 1 is 1.00 bits per heavy atom. The minimum atomic E-state index is -0.598. The number of aromatic nitrogens is 3. The van der Waals surface area contributed by atoms with E-state index < -0.39 is 6.29 Å². The van der Waals surface area contributed by atoms with Crippen molar-refractivity contribution in [2.45, 2.75) is 80.7 Å². The molecule has 9 nitrogen and oxygen atoms in total. The number of hydrogen-bond donors (Lipinski definition) is 4. The lowest BCUT2D eigenvalue weighted by atomic mass is 9.53. The summed E-state index contributed by atoms with van der Waals surface area (Å²) in [5, 5.41) is 23.5. The highest BCUT2D eigenvalue weighted by molar-refractivity contribution is 7.99. The molecule has 216 valence electrons. The van der Waals surface area contributed by atoms with Crippen LogP contribution >= 0.6 is 11.8 Å². The zero-order valence-electron chi connectivity index (χ0n) is 23.0. The lowest BCUT2D eigenvalue weighted by Gasteiger charge is -2.56. The SMILES string of the molecule is O=C(Nc1cccc(C2OC(CSc3ncn[nH]3)CC(c3ccc(CO)cc3)O2)c1)NC12CC3CC(CC(C3)C1)C2. The van der Waals surface area contributed by atoms with Gasteiger partial charge in [0.25, 0.3) is 0 Å². The maximum atomic E-state index is 13.2. The van der Waals surface area contributed by atoms with E-state index in [-0.39, 0.29) is 30.4 Å². The van der Waals surface area contributed by atoms with Gasteiger partial charge in [-0.25, -0.2) is 9.78 Å². The molecule has 4 bridgehead atoms. The van der Waals surface area contributed by atoms with Crippen molar-refractivity contribution in [3.05, 3.63) is 71.5 Å². The van der Waals surface area contributed by atoms with Gasteiger partial charge in [-0.05, 0) is 79.5 Å². The smallest absolute Gasteiger partial charge is 0.319 e. The second-order valence-electron chi connectivity index (χ2n) is 12.4. The Balaban J connectivity index is 1.05. The van der Waals surface area contributed by atoms with Crippen molar-refractivity contribution in [1.82, 2.24) is 20.5 Å². The van der Waals surface area contributed by atoms with E-state index in [0.717, 1.165) is 64.6 Å². The van der Waals surface area contributed by atoms with E-state index >= 15 is 0 Å². The Hall–Kier alpha value is -2.92. The van der Waals surface area contributed by atoms with E-state index in [4.69, 9.17) is 9.47 Å². The number of aliphatic hydroxyl groups excluding tert-OH is 1. The van der Waals surface area contributed by atoms with Crippen molar-refractivity contribution in [2.75, 3.05) is 11.1 Å². The molecule has 41 heavy (non-hydrogen) atoms. The minimum Gasteiger partial charge on any atom is -0.392 e. The van der Waals surface area contributed by atoms with Gasteiger partial charge >= 0.3 is 6.03 Å². The van der Waals surface area contributed by atoms with E-state index in [9.17, 15) is 9.90 Å². The van der Waals surface area contributed by atoms with Crippen molar-refractivity contribution in [1.29, 1.82) is 0 Å². The van der Waals surface area contributed by atoms with Crippen LogP contribution in [0.1, 0.15) is 74.0 Å². The van der Waals surface area contributed by atoms with Gasteiger partial charge in [-0.1, -0.05) is 48.2 Å². The maximum absolute atomic E-state index is 13.2. The predicted octanol–water partition coefficient (Wildman–Crippen LogP) is 5.73. The Kier molecular flexibility index (Phi) is 7.49. The third-order valence-electron chi connectivity index (χ3n) is 9.25. The van der Waals surface area contributed by atoms with Crippen LogP contribution in [0.4, 0.5) is 10.5 Å². The zero-order chi connectivity index (χ0) is 27.8. The van der Waals surface area contributed by atoms with Crippen LogP contribution in [0.15, 0.2) is 60.0 Å². The number of ether oxygens (including phenoxy) is 2. The lowest BCUT2D eigenvalue weighted by molar-refractivity contribution is -0.245. The predicted molar refractivity (Wildman–Crippen MR) is 155 cm³/mol. The molecule has 3 aromatic rings. The quantitative estimate of drug-likeness (QED) is 0.253. The van der Waals surface area contributed by atoms with Gasteiger partial charge in [0.15, 0.2) is 11.4 Å². The van der Waals surface area contributed by atoms with Gasteiger partial charge in [0.2, 0.25) is 0 Å². The summed E-state index contributed by atoms with van der Waals surface area (Å²) < 4.78 is 12.9. The number of aromatic amines is 1. The number of benzene rings is 2. The summed E-state index contributed by atoms with van der Waals surface area (Å²) in [5.74, 6) is 3.00. The van der Waals surface area contributed by atoms with Crippen LogP contribution in [0.25, 0.3) is 0 Å². The number of amides is 2. The standard InChI is InChI=1S/C31H37N5O4S/c37-16-19-4-6-23(7-5-19)27-12-26(17-41-30-32-18-33-36-30)39-28(40-27)24-2-1-3-25(11-24)34-29(38)35-31-13-20-8-21(14-31)10-22(9-20)15-31/h1-7,11,18,20-22,26-28,37H,8-10,12-17H2,(H,32,33,36)(H2,34,35,38). The number of aliphatic hydroxyl groups is 1. The normalized spacial score (nSPS) is 32.1. The van der Waals surface area contributed by atoms with E-state index in [0.29, 0.717) is 12.2 Å². The molecule has 5 fully saturated rings. The number of nitrogens with zero attached hydrogens (tertiary/aromatic N) is 2. The number of urea groups is 1. The molecule has 0 spiro atoms. The van der Waals surface area contributed by atoms with E-state index in [1.807, 2.05) is 48.5 Å². The summed E-state index contributed by atoms with van der Waals surface area (Å²) in [7, 11) is 0. The number of rotatable bonds is 8. The molecular weight excluding hydrogens is 538 g/mol. The Morgan fingerprint density at radius 3 is 2.44 bits per heavy atom. The molecular formula is C31H37N5O4S. The molecule has 2 aromatic carbocycles. The monoisotopic (exact) mass is 575 g/mol. The zero-order valence-corrected chi connectivity index (χ0v) is 23.8. The van der Waals surface area contributed by atoms with Gasteiger partial charge < -0.3 is 25.2 Å². The molecule has 4 aliphatic carbocycles. The molecule has 1 aromatic heterocycles. The number of anilines is 1. The molecule has 5 aliphatic rings. The van der Waals surface area contributed by atoms with Crippen molar-refractivity contribution < 1.29 is 19.4 Å². The van der Waals surface area contributed by atoms with Crippen molar-refractivity contribution in [2.24, 2.45) is 17.8 Å². The average Bonchev–Trinajstić information content (AvgIpc) is 3.49. The second kappa shape index (κ2) is 11.4. The first-order chi connectivity index (χ1) is 20.0. The Morgan fingerprint density at radius 2 is 1.76 bits per heavy atom. The number of carbonyl (C=O) groups is 1. The second-order valence-corrected chi connectivity index (χ2v) is 13.4. The van der Waals surface area contributed by atoms with Gasteiger partial charge in [-0.3, -0.25) is 5.10 Å². The molecule has 2 amide bonds. The molecule has 4 saturated carbocycles. The van der Waals surface area contributed by atoms with Crippen LogP contribution in [0.2, 0.25) is 0 Å². The highest BCUT2D eigenvalue weighted by Gasteiger charge is 2.51. The van der Waals surface area contributed by atoms with Crippen LogP contribution in [0.3, 0.4) is 0 Å². The maximum Gasteiger partial charge on any atom is 0.319 e. The van der Waals surface area contributed by atoms with E-state index in [2.05, 4.69) is 25.8 Å². The van der Waals surface area contributed by atoms with Crippen molar-refractivity contribution in [3.63, 3.8) is 0 Å². The summed E-state index contributed by atoms with van der Waals surface area (Å²) in [6, 6.07) is 15.5. The molecule has 4 N–H and O–H groups in total. The average molecular weight is 576 g/mol. The summed E-state index contributed by atoms with van der Waals surface area (Å²) in [5.41, 5.74) is 3.43. The third-order valence-corrected chi connectivity index (χ3v) is 10.3. The van der Waals surface area contributed by atoms with Crippen LogP contribution in [0.5, 0.6) is 0 Å². The summed E-state index contributed by atoms with van der Waals surface area (Å²) in [6.07, 6.45) is 8.68. The Labute approximate surface area is 244 Å². The van der Waals surface area contributed by atoms with Gasteiger partial charge in [0.1, 0.15) is 6.33 Å². The first kappa shape index (κ1) is 26.9. The largest absolute Gasteiger partial charge is 0.392 e. The van der Waals surface area contributed by atoms with Crippen molar-refractivity contribution in [3.8, 4) is 0 Å². The Bertz CT molecular complexity index is 1320. The molecule has 2 heterocycles. The lowest BCUT2D eigenvalue weighted by Crippen LogP contribution is -2.60. The van der Waals surface area contributed by atoms with Crippen LogP contribution < -0.4 is 10.6 Å². The minimum absolute atomic E-state index is 0.00419. The van der Waals surface area contributed by atoms with Gasteiger partial charge in [-0.15, -0.1) is 0 Å². The first-order valence-corrected chi connectivity index (χ1v) is 15.7. The molecule has 10 heteroatoms. The van der Waals surface area contributed by atoms with Crippen molar-refractivity contribution >= 4 is 23.5 Å². The fourth-order valence-corrected chi connectivity index (χ4v) is 8.69. The molecule has 0 radical (unpaired) electrons. The molecule has 8 rings (SSSR count). The molecule has 1 saturated heterocycles. The summed E-state index contributed by atoms with van der Waals surface area (Å²) in [6.45, 7) is 0.00419. The topological polar surface area (TPSA) is 121 Å². The number of nitrogens with one attached hydrogen (secondary N) is 3. The number of carbonyl (C=O) groups excluding carboxylic acids is 1. The summed E-state index contributed by atoms with van der Waals surface area (Å²) in [4.78, 5) is 17.4. The van der Waals surface area contributed by atoms with Crippen LogP contribution in [-0.4, -0.2) is 43.7 Å². The molecule has 3 atom stereocenters. The third kappa shape index (κ3) is 6.02. The number of hydrogen-bond acceptors (Lipinski definition) is 7. The molecule has 1 aliphatic heterocycles. The fourth-order valence-electron chi connectivity index (χ4n) is 7.89. The summed E-state index contributed by atoms with van der Waals surface area (Å²) >= 11 is 1.56. The van der Waals surface area contributed by atoms with Gasteiger partial charge in [-0.2, -0.15) is 5.10 Å². The fraction of sp³-hybridized carbons (Fsp3) is 0.516. The highest BCUT2D eigenvalue weighted by atomic mass is 32.2. The van der Waals surface area contributed by atoms with E-state index in [1.165, 1.54) is 25.6 Å². The van der Waals surface area contributed by atoms with E-state index in [1.54, 1.807) is 11.8 Å². The number of H-pyrrole nitrogens is 1. The van der Waals surface area contributed by atoms with Gasteiger partial charge in [0.05, 0.1) is 18.8 Å². The first-order valence-electron chi connectivity index (χ1n) is 14.7. The number of thioether (sulfide) groups is 1. The van der Waals surface area contributed by atoms with Crippen LogP contribution in [-0.2, 0) is 16.1 Å². The van der Waals surface area contributed by atoms with Gasteiger partial charge in [0, 0.05) is 29.0 Å².